The zero-order chi connectivity index (χ0) is 25.2. The third-order valence-corrected chi connectivity index (χ3v) is 7.58. The van der Waals surface area contributed by atoms with E-state index in [0.29, 0.717) is 24.5 Å². The van der Waals surface area contributed by atoms with Crippen LogP contribution in [0.15, 0.2) is 66.7 Å². The number of aromatic amines is 1. The zero-order valence-electron chi connectivity index (χ0n) is 21.2. The van der Waals surface area contributed by atoms with Gasteiger partial charge in [-0.25, -0.2) is 0 Å². The van der Waals surface area contributed by atoms with Crippen LogP contribution in [-0.2, 0) is 4.74 Å². The van der Waals surface area contributed by atoms with E-state index in [0.717, 1.165) is 72.3 Å². The molecule has 3 heterocycles. The molecule has 0 atom stereocenters. The molecule has 0 radical (unpaired) electrons. The zero-order valence-corrected chi connectivity index (χ0v) is 21.2. The topological polar surface area (TPSA) is 64.5 Å². The van der Waals surface area contributed by atoms with Gasteiger partial charge in [-0.3, -0.25) is 0 Å². The minimum atomic E-state index is 0.102. The summed E-state index contributed by atoms with van der Waals surface area (Å²) in [6.45, 7) is 5.75. The average molecular weight is 493 g/mol. The first-order valence-electron chi connectivity index (χ1n) is 13.1. The number of nitriles is 1. The van der Waals surface area contributed by atoms with Gasteiger partial charge in [0, 0.05) is 61.3 Å². The second-order valence-corrected chi connectivity index (χ2v) is 10.0. The lowest BCUT2D eigenvalue weighted by Gasteiger charge is -2.34. The Morgan fingerprint density at radius 2 is 1.68 bits per heavy atom. The molecule has 188 valence electrons. The maximum Gasteiger partial charge on any atom is 0.137 e. The Balaban J connectivity index is 1.27. The monoisotopic (exact) mass is 492 g/mol. The van der Waals surface area contributed by atoms with Crippen molar-refractivity contribution in [1.82, 2.24) is 9.88 Å². The molecule has 6 nitrogen and oxygen atoms in total. The molecule has 2 fully saturated rings. The second kappa shape index (κ2) is 10.3. The summed E-state index contributed by atoms with van der Waals surface area (Å²) in [7, 11) is 2.18. The van der Waals surface area contributed by atoms with Crippen molar-refractivity contribution in [2.45, 2.75) is 18.9 Å². The van der Waals surface area contributed by atoms with Crippen LogP contribution in [-0.4, -0.2) is 62.4 Å². The van der Waals surface area contributed by atoms with Crippen molar-refractivity contribution in [3.63, 3.8) is 0 Å². The van der Waals surface area contributed by atoms with Gasteiger partial charge in [-0.1, -0.05) is 30.3 Å². The molecule has 6 heteroatoms. The number of nitrogens with one attached hydrogen (secondary N) is 1. The maximum atomic E-state index is 9.85. The van der Waals surface area contributed by atoms with Crippen LogP contribution in [0.4, 0.5) is 5.69 Å². The van der Waals surface area contributed by atoms with E-state index >= 15 is 0 Å². The van der Waals surface area contributed by atoms with Gasteiger partial charge in [0.1, 0.15) is 17.9 Å². The van der Waals surface area contributed by atoms with Crippen LogP contribution in [0.5, 0.6) is 5.75 Å². The van der Waals surface area contributed by atoms with E-state index in [1.54, 1.807) is 0 Å². The Bertz CT molecular complexity index is 1420. The Kier molecular flexibility index (Phi) is 6.57. The minimum Gasteiger partial charge on any atom is -0.489 e. The van der Waals surface area contributed by atoms with Gasteiger partial charge in [-0.2, -0.15) is 5.26 Å². The number of aromatic nitrogens is 1. The van der Waals surface area contributed by atoms with E-state index in [4.69, 9.17) is 9.47 Å². The van der Waals surface area contributed by atoms with Crippen LogP contribution in [0, 0.1) is 11.3 Å². The van der Waals surface area contributed by atoms with E-state index < -0.39 is 0 Å². The van der Waals surface area contributed by atoms with Gasteiger partial charge in [-0.15, -0.1) is 0 Å². The molecule has 2 aliphatic rings. The molecule has 0 saturated carbocycles. The number of hydrogen-bond donors (Lipinski definition) is 1. The Hall–Kier alpha value is -3.79. The van der Waals surface area contributed by atoms with Gasteiger partial charge < -0.3 is 24.3 Å². The van der Waals surface area contributed by atoms with E-state index in [-0.39, 0.29) is 6.10 Å². The molecule has 37 heavy (non-hydrogen) atoms. The highest BCUT2D eigenvalue weighted by atomic mass is 16.5. The number of fused-ring (bicyclic) bond motifs is 1. The van der Waals surface area contributed by atoms with E-state index in [2.05, 4.69) is 82.5 Å². The summed E-state index contributed by atoms with van der Waals surface area (Å²) in [5.74, 6) is 0.653. The van der Waals surface area contributed by atoms with Gasteiger partial charge in [0.15, 0.2) is 0 Å². The highest BCUT2D eigenvalue weighted by Crippen LogP contribution is 2.35. The number of piperazine rings is 1. The summed E-state index contributed by atoms with van der Waals surface area (Å²) in [6.07, 6.45) is 1.81. The van der Waals surface area contributed by atoms with Crippen LogP contribution < -0.4 is 9.64 Å². The molecule has 0 spiro atoms. The molecular formula is C31H32N4O2. The maximum absolute atomic E-state index is 9.85. The molecule has 6 rings (SSSR count). The van der Waals surface area contributed by atoms with Crippen molar-refractivity contribution in [3.05, 3.63) is 72.3 Å². The van der Waals surface area contributed by atoms with Gasteiger partial charge in [0.05, 0.1) is 18.8 Å². The Morgan fingerprint density at radius 1 is 0.919 bits per heavy atom. The normalized spacial score (nSPS) is 17.1. The van der Waals surface area contributed by atoms with Crippen molar-refractivity contribution in [2.75, 3.05) is 51.3 Å². The average Bonchev–Trinajstić information content (AvgIpc) is 3.39. The molecule has 2 aliphatic heterocycles. The van der Waals surface area contributed by atoms with E-state index in [9.17, 15) is 5.26 Å². The molecule has 0 unspecified atom stereocenters. The predicted molar refractivity (Wildman–Crippen MR) is 148 cm³/mol. The summed E-state index contributed by atoms with van der Waals surface area (Å²) in [4.78, 5) is 8.43. The van der Waals surface area contributed by atoms with Gasteiger partial charge in [-0.05, 0) is 60.1 Å². The number of nitrogens with zero attached hydrogens (tertiary/aromatic N) is 3. The fourth-order valence-corrected chi connectivity index (χ4v) is 5.34. The molecule has 2 saturated heterocycles. The van der Waals surface area contributed by atoms with Crippen LogP contribution in [0.3, 0.4) is 0 Å². The van der Waals surface area contributed by atoms with Crippen LogP contribution >= 0.6 is 0 Å². The molecule has 3 aromatic carbocycles. The number of hydrogen-bond acceptors (Lipinski definition) is 5. The molecular weight excluding hydrogens is 460 g/mol. The van der Waals surface area contributed by atoms with Crippen LogP contribution in [0.2, 0.25) is 0 Å². The standard InChI is InChI=1S/C31H32N4O2/c1-34-13-15-35(16-14-34)25-8-5-22(6-9-25)30-20-28-27(3-2-4-29(28)33-30)23-7-10-31(24(19-23)21-32)37-26-11-17-36-18-12-26/h2-10,19-20,26,33H,11-18H2,1H3. The Morgan fingerprint density at radius 3 is 2.43 bits per heavy atom. The first kappa shape index (κ1) is 23.6. The number of rotatable bonds is 5. The summed E-state index contributed by atoms with van der Waals surface area (Å²) < 4.78 is 11.6. The quantitative estimate of drug-likeness (QED) is 0.388. The van der Waals surface area contributed by atoms with Crippen molar-refractivity contribution in [2.24, 2.45) is 0 Å². The molecule has 1 N–H and O–H groups in total. The van der Waals surface area contributed by atoms with Crippen molar-refractivity contribution >= 4 is 16.6 Å². The fourth-order valence-electron chi connectivity index (χ4n) is 5.34. The highest BCUT2D eigenvalue weighted by molar-refractivity contribution is 5.98. The lowest BCUT2D eigenvalue weighted by molar-refractivity contribution is 0.0254. The SMILES string of the molecule is CN1CCN(c2ccc(-c3cc4c(-c5ccc(OC6CCOCC6)c(C#N)c5)cccc4[nH]3)cc2)CC1. The third kappa shape index (κ3) is 4.93. The predicted octanol–water partition coefficient (Wildman–Crippen LogP) is 5.68. The van der Waals surface area contributed by atoms with Gasteiger partial charge >= 0.3 is 0 Å². The third-order valence-electron chi connectivity index (χ3n) is 7.58. The largest absolute Gasteiger partial charge is 0.489 e. The fraction of sp³-hybridized carbons (Fsp3) is 0.323. The number of anilines is 1. The summed E-state index contributed by atoms with van der Waals surface area (Å²) in [5, 5.41) is 11.0. The second-order valence-electron chi connectivity index (χ2n) is 10.0. The number of ether oxygens (including phenoxy) is 2. The first-order valence-corrected chi connectivity index (χ1v) is 13.1. The summed E-state index contributed by atoms with van der Waals surface area (Å²) in [5.41, 5.74) is 7.29. The smallest absolute Gasteiger partial charge is 0.137 e. The lowest BCUT2D eigenvalue weighted by Crippen LogP contribution is -2.44. The molecule has 1 aromatic heterocycles. The minimum absolute atomic E-state index is 0.102. The lowest BCUT2D eigenvalue weighted by atomic mass is 9.99. The van der Waals surface area contributed by atoms with Gasteiger partial charge in [0.25, 0.3) is 0 Å². The Labute approximate surface area is 218 Å². The first-order chi connectivity index (χ1) is 18.2. The van der Waals surface area contributed by atoms with E-state index in [1.165, 1.54) is 5.69 Å². The van der Waals surface area contributed by atoms with Crippen LogP contribution in [0.25, 0.3) is 33.3 Å². The van der Waals surface area contributed by atoms with Crippen molar-refractivity contribution < 1.29 is 9.47 Å². The molecule has 0 bridgehead atoms. The number of benzene rings is 3. The molecule has 0 amide bonds. The number of H-pyrrole nitrogens is 1. The summed E-state index contributed by atoms with van der Waals surface area (Å²) in [6, 6.07) is 25.6. The van der Waals surface area contributed by atoms with Crippen molar-refractivity contribution in [1.29, 1.82) is 5.26 Å². The molecule has 0 aliphatic carbocycles. The summed E-state index contributed by atoms with van der Waals surface area (Å²) >= 11 is 0. The van der Waals surface area contributed by atoms with Gasteiger partial charge in [0.2, 0.25) is 0 Å². The van der Waals surface area contributed by atoms with Crippen molar-refractivity contribution in [3.8, 4) is 34.2 Å². The van der Waals surface area contributed by atoms with E-state index in [1.807, 2.05) is 12.1 Å². The molecule has 4 aromatic rings. The number of likely N-dealkylation sites (N-methyl/N-ethyl adjacent to an activating group) is 1. The highest BCUT2D eigenvalue weighted by Gasteiger charge is 2.18. The van der Waals surface area contributed by atoms with Crippen LogP contribution in [0.1, 0.15) is 18.4 Å².